The number of thiophene rings is 1. The zero-order chi connectivity index (χ0) is 30.2. The van der Waals surface area contributed by atoms with Crippen LogP contribution in [-0.4, -0.2) is 15.0 Å². The van der Waals surface area contributed by atoms with Gasteiger partial charge in [0.2, 0.25) is 0 Å². The predicted molar refractivity (Wildman–Crippen MR) is 191 cm³/mol. The van der Waals surface area contributed by atoms with Crippen molar-refractivity contribution in [1.82, 2.24) is 15.0 Å². The van der Waals surface area contributed by atoms with Gasteiger partial charge in [-0.1, -0.05) is 103 Å². The first-order valence-corrected chi connectivity index (χ1v) is 16.1. The molecule has 0 amide bonds. The highest BCUT2D eigenvalue weighted by atomic mass is 32.1. The Hall–Kier alpha value is -5.91. The van der Waals surface area contributed by atoms with Crippen LogP contribution in [-0.2, 0) is 0 Å². The van der Waals surface area contributed by atoms with Gasteiger partial charge in [-0.2, -0.15) is 0 Å². The van der Waals surface area contributed by atoms with Crippen LogP contribution < -0.4 is 0 Å². The van der Waals surface area contributed by atoms with Crippen molar-refractivity contribution in [2.45, 2.75) is 0 Å². The standard InChI is InChI=1S/C41H23N3OS/c1-2-10-24(11-3-1)39-42-40(26-19-21-35-32(23-26)28-13-6-8-16-34(28)45-35)44-41(43-39)33-22-25-18-20-31-29-14-7-9-17-36(29)46-38(31)37(25)30-15-5-4-12-27(30)33/h1-23H. The summed E-state index contributed by atoms with van der Waals surface area (Å²) in [4.78, 5) is 15.3. The molecule has 0 saturated heterocycles. The lowest BCUT2D eigenvalue weighted by Gasteiger charge is -2.13. The van der Waals surface area contributed by atoms with Crippen LogP contribution in [0.3, 0.4) is 0 Å². The molecule has 0 fully saturated rings. The molecule has 10 rings (SSSR count). The molecular weight excluding hydrogens is 583 g/mol. The molecule has 10 aromatic rings. The van der Waals surface area contributed by atoms with Crippen LogP contribution in [0.4, 0.5) is 0 Å². The molecule has 0 aliphatic heterocycles. The Morgan fingerprint density at radius 3 is 1.98 bits per heavy atom. The quantitative estimate of drug-likeness (QED) is 0.188. The molecule has 3 heterocycles. The van der Waals surface area contributed by atoms with Gasteiger partial charge in [-0.15, -0.1) is 11.3 Å². The molecule has 46 heavy (non-hydrogen) atoms. The molecule has 0 unspecified atom stereocenters. The van der Waals surface area contributed by atoms with Crippen molar-refractivity contribution in [3.05, 3.63) is 140 Å². The van der Waals surface area contributed by atoms with Crippen LogP contribution in [0.25, 0.3) is 97.8 Å². The molecule has 5 heteroatoms. The number of rotatable bonds is 3. The van der Waals surface area contributed by atoms with Gasteiger partial charge in [-0.25, -0.2) is 15.0 Å². The molecule has 0 radical (unpaired) electrons. The van der Waals surface area contributed by atoms with E-state index in [9.17, 15) is 0 Å². The fourth-order valence-corrected chi connectivity index (χ4v) is 8.04. The van der Waals surface area contributed by atoms with Gasteiger partial charge < -0.3 is 4.42 Å². The zero-order valence-electron chi connectivity index (χ0n) is 24.4. The molecule has 7 aromatic carbocycles. The van der Waals surface area contributed by atoms with Crippen LogP contribution in [0.15, 0.2) is 144 Å². The molecule has 3 aromatic heterocycles. The van der Waals surface area contributed by atoms with E-state index < -0.39 is 0 Å². The van der Waals surface area contributed by atoms with Crippen molar-refractivity contribution in [1.29, 1.82) is 0 Å². The number of benzene rings is 7. The summed E-state index contributed by atoms with van der Waals surface area (Å²) in [6.45, 7) is 0. The van der Waals surface area contributed by atoms with Crippen molar-refractivity contribution < 1.29 is 4.42 Å². The maximum absolute atomic E-state index is 6.12. The SMILES string of the molecule is c1ccc(-c2nc(-c3ccc4oc5ccccc5c4c3)nc(-c3cc4ccc5c6ccccc6sc5c4c4ccccc34)n2)cc1. The number of aromatic nitrogens is 3. The van der Waals surface area contributed by atoms with Crippen LogP contribution in [0.5, 0.6) is 0 Å². The highest BCUT2D eigenvalue weighted by Crippen LogP contribution is 2.43. The largest absolute Gasteiger partial charge is 0.456 e. The average Bonchev–Trinajstić information content (AvgIpc) is 3.69. The zero-order valence-corrected chi connectivity index (χ0v) is 25.3. The minimum absolute atomic E-state index is 0.625. The third-order valence-corrected chi connectivity index (χ3v) is 10.1. The second kappa shape index (κ2) is 9.80. The molecule has 0 atom stereocenters. The summed E-state index contributed by atoms with van der Waals surface area (Å²) >= 11 is 1.86. The monoisotopic (exact) mass is 605 g/mol. The predicted octanol–water partition coefficient (Wildman–Crippen LogP) is 11.4. The van der Waals surface area contributed by atoms with Gasteiger partial charge in [-0.3, -0.25) is 0 Å². The Kier molecular flexibility index (Phi) is 5.41. The molecule has 214 valence electrons. The topological polar surface area (TPSA) is 51.8 Å². The van der Waals surface area contributed by atoms with E-state index in [0.29, 0.717) is 17.5 Å². The molecule has 0 N–H and O–H groups in total. The summed E-state index contributed by atoms with van der Waals surface area (Å²) in [5.74, 6) is 1.91. The van der Waals surface area contributed by atoms with Crippen LogP contribution in [0.2, 0.25) is 0 Å². The second-order valence-corrected chi connectivity index (χ2v) is 12.6. The van der Waals surface area contributed by atoms with E-state index >= 15 is 0 Å². The van der Waals surface area contributed by atoms with E-state index in [1.165, 1.54) is 36.3 Å². The Morgan fingerprint density at radius 1 is 0.435 bits per heavy atom. The van der Waals surface area contributed by atoms with Crippen molar-refractivity contribution >= 4 is 75.0 Å². The third-order valence-electron chi connectivity index (χ3n) is 8.91. The van der Waals surface area contributed by atoms with E-state index in [2.05, 4.69) is 78.9 Å². The number of hydrogen-bond donors (Lipinski definition) is 0. The molecule has 0 aliphatic rings. The number of para-hydroxylation sites is 1. The van der Waals surface area contributed by atoms with Crippen molar-refractivity contribution in [2.24, 2.45) is 0 Å². The maximum atomic E-state index is 6.12. The second-order valence-electron chi connectivity index (χ2n) is 11.6. The summed E-state index contributed by atoms with van der Waals surface area (Å²) in [6.07, 6.45) is 0. The summed E-state index contributed by atoms with van der Waals surface area (Å²) in [6, 6.07) is 48.5. The lowest BCUT2D eigenvalue weighted by atomic mass is 9.95. The molecule has 0 bridgehead atoms. The first-order valence-electron chi connectivity index (χ1n) is 15.3. The van der Waals surface area contributed by atoms with Gasteiger partial charge in [0.25, 0.3) is 0 Å². The maximum Gasteiger partial charge on any atom is 0.164 e. The highest BCUT2D eigenvalue weighted by Gasteiger charge is 2.19. The molecule has 0 spiro atoms. The van der Waals surface area contributed by atoms with Crippen molar-refractivity contribution in [3.8, 4) is 34.2 Å². The Balaban J connectivity index is 1.25. The molecule has 0 aliphatic carbocycles. The Labute approximate surface area is 267 Å². The van der Waals surface area contributed by atoms with Gasteiger partial charge in [0.1, 0.15) is 11.2 Å². The fourth-order valence-electron chi connectivity index (χ4n) is 6.76. The molecule has 0 saturated carbocycles. The van der Waals surface area contributed by atoms with Crippen molar-refractivity contribution in [3.63, 3.8) is 0 Å². The first kappa shape index (κ1) is 25.4. The molecule has 4 nitrogen and oxygen atoms in total. The minimum Gasteiger partial charge on any atom is -0.456 e. The number of furan rings is 1. The Morgan fingerprint density at radius 2 is 1.11 bits per heavy atom. The van der Waals surface area contributed by atoms with E-state index in [1.54, 1.807) is 0 Å². The van der Waals surface area contributed by atoms with Gasteiger partial charge in [-0.05, 0) is 52.6 Å². The van der Waals surface area contributed by atoms with Crippen LogP contribution in [0.1, 0.15) is 0 Å². The van der Waals surface area contributed by atoms with E-state index in [1.807, 2.05) is 72.0 Å². The smallest absolute Gasteiger partial charge is 0.164 e. The van der Waals surface area contributed by atoms with Crippen LogP contribution >= 0.6 is 11.3 Å². The average molecular weight is 606 g/mol. The van der Waals surface area contributed by atoms with Gasteiger partial charge in [0, 0.05) is 53.0 Å². The van der Waals surface area contributed by atoms with Gasteiger partial charge in [0.05, 0.1) is 0 Å². The highest BCUT2D eigenvalue weighted by molar-refractivity contribution is 7.26. The molecular formula is C41H23N3OS. The number of hydrogen-bond acceptors (Lipinski definition) is 5. The fraction of sp³-hybridized carbons (Fsp3) is 0. The minimum atomic E-state index is 0.625. The number of fused-ring (bicyclic) bond motifs is 10. The lowest BCUT2D eigenvalue weighted by molar-refractivity contribution is 0.669. The Bertz CT molecular complexity index is 2820. The third kappa shape index (κ3) is 3.82. The summed E-state index contributed by atoms with van der Waals surface area (Å²) in [7, 11) is 0. The van der Waals surface area contributed by atoms with Crippen molar-refractivity contribution in [2.75, 3.05) is 0 Å². The summed E-state index contributed by atoms with van der Waals surface area (Å²) in [5, 5.41) is 9.46. The van der Waals surface area contributed by atoms with Gasteiger partial charge in [0.15, 0.2) is 17.5 Å². The normalized spacial score (nSPS) is 11.9. The van der Waals surface area contributed by atoms with Crippen LogP contribution in [0, 0.1) is 0 Å². The van der Waals surface area contributed by atoms with Gasteiger partial charge >= 0.3 is 0 Å². The first-order chi connectivity index (χ1) is 22.8. The lowest BCUT2D eigenvalue weighted by Crippen LogP contribution is -2.00. The van der Waals surface area contributed by atoms with E-state index in [4.69, 9.17) is 19.4 Å². The summed E-state index contributed by atoms with van der Waals surface area (Å²) < 4.78 is 8.73. The summed E-state index contributed by atoms with van der Waals surface area (Å²) in [5.41, 5.74) is 4.55. The number of nitrogens with zero attached hydrogens (tertiary/aromatic N) is 3. The van der Waals surface area contributed by atoms with E-state index in [0.717, 1.165) is 44.0 Å². The van der Waals surface area contributed by atoms with E-state index in [-0.39, 0.29) is 0 Å².